The molecule has 0 amide bonds. The van der Waals surface area contributed by atoms with Crippen molar-refractivity contribution in [3.63, 3.8) is 0 Å². The lowest BCUT2D eigenvalue weighted by atomic mass is 9.91. The fourth-order valence-corrected chi connectivity index (χ4v) is 4.23. The van der Waals surface area contributed by atoms with Crippen LogP contribution in [0.1, 0.15) is 18.1 Å². The van der Waals surface area contributed by atoms with Crippen LogP contribution in [0.5, 0.6) is 0 Å². The quantitative estimate of drug-likeness (QED) is 0.654. The summed E-state index contributed by atoms with van der Waals surface area (Å²) in [4.78, 5) is 6.67. The molecule has 7 nitrogen and oxygen atoms in total. The molecule has 9 heteroatoms. The molecule has 2 fully saturated rings. The van der Waals surface area contributed by atoms with E-state index in [1.807, 2.05) is 19.1 Å². The van der Waals surface area contributed by atoms with Crippen molar-refractivity contribution in [1.29, 1.82) is 0 Å². The Balaban J connectivity index is 1.37. The smallest absolute Gasteiger partial charge is 0.246 e. The molecule has 1 aromatic heterocycles. The minimum atomic E-state index is -0.670. The predicted molar refractivity (Wildman–Crippen MR) is 115 cm³/mol. The maximum absolute atomic E-state index is 13.5. The third-order valence-corrected chi connectivity index (χ3v) is 5.99. The number of hydrogen-bond donors (Lipinski definition) is 1. The highest BCUT2D eigenvalue weighted by Gasteiger charge is 2.38. The van der Waals surface area contributed by atoms with Crippen molar-refractivity contribution >= 4 is 11.6 Å². The second kappa shape index (κ2) is 8.23. The summed E-state index contributed by atoms with van der Waals surface area (Å²) in [5, 5.41) is 7.51. The number of aryl methyl sites for hydroxylation is 1. The van der Waals surface area contributed by atoms with Gasteiger partial charge in [-0.3, -0.25) is 4.90 Å². The normalized spacial score (nSPS) is 22.0. The van der Waals surface area contributed by atoms with Crippen molar-refractivity contribution in [2.45, 2.75) is 25.5 Å². The number of morpholine rings is 1. The highest BCUT2D eigenvalue weighted by atomic mass is 19.1. The van der Waals surface area contributed by atoms with Crippen LogP contribution in [0, 0.1) is 18.6 Å². The van der Waals surface area contributed by atoms with Crippen molar-refractivity contribution in [3.05, 3.63) is 65.5 Å². The summed E-state index contributed by atoms with van der Waals surface area (Å²) in [6.45, 7) is 8.06. The maximum Gasteiger partial charge on any atom is 0.246 e. The number of nitrogens with zero attached hydrogens (tertiary/aromatic N) is 4. The number of nitrogens with one attached hydrogen (secondary N) is 1. The summed E-state index contributed by atoms with van der Waals surface area (Å²) in [7, 11) is 0. The van der Waals surface area contributed by atoms with Crippen molar-refractivity contribution in [1.82, 2.24) is 19.7 Å². The van der Waals surface area contributed by atoms with E-state index in [9.17, 15) is 8.78 Å². The van der Waals surface area contributed by atoms with Gasteiger partial charge in [-0.2, -0.15) is 4.98 Å². The largest absolute Gasteiger partial charge is 0.378 e. The molecule has 3 heterocycles. The zero-order valence-electron chi connectivity index (χ0n) is 18.0. The first-order valence-corrected chi connectivity index (χ1v) is 10.6. The van der Waals surface area contributed by atoms with Gasteiger partial charge in [0.2, 0.25) is 5.95 Å². The van der Waals surface area contributed by atoms with E-state index in [0.29, 0.717) is 18.6 Å². The van der Waals surface area contributed by atoms with Gasteiger partial charge in [0.1, 0.15) is 23.6 Å². The second-order valence-electron chi connectivity index (χ2n) is 8.59. The van der Waals surface area contributed by atoms with Crippen molar-refractivity contribution < 1.29 is 18.3 Å². The number of rotatable bonds is 5. The highest BCUT2D eigenvalue weighted by Crippen LogP contribution is 2.34. The van der Waals surface area contributed by atoms with E-state index in [0.717, 1.165) is 49.2 Å². The molecule has 0 spiro atoms. The number of ether oxygens (including phenoxy) is 2. The molecule has 168 valence electrons. The summed E-state index contributed by atoms with van der Waals surface area (Å²) in [5.41, 5.74) is 2.78. The van der Waals surface area contributed by atoms with Gasteiger partial charge in [-0.15, -0.1) is 5.10 Å². The van der Waals surface area contributed by atoms with Crippen LogP contribution < -0.4 is 5.32 Å². The zero-order chi connectivity index (χ0) is 22.3. The SMILES string of the molecule is Cc1cc(Nc2ncn(-c3cc(F)cc(F)c3)n2)cc([C@@]2(C)CN(C3COC3)CCO2)c1. The van der Waals surface area contributed by atoms with E-state index in [4.69, 9.17) is 9.47 Å². The Bertz CT molecular complexity index is 1110. The second-order valence-corrected chi connectivity index (χ2v) is 8.59. The zero-order valence-corrected chi connectivity index (χ0v) is 18.0. The van der Waals surface area contributed by atoms with Gasteiger partial charge in [-0.1, -0.05) is 6.07 Å². The number of halogens is 2. The minimum absolute atomic E-state index is 0.260. The average Bonchev–Trinajstić information content (AvgIpc) is 3.14. The van der Waals surface area contributed by atoms with Crippen LogP contribution >= 0.6 is 0 Å². The van der Waals surface area contributed by atoms with Gasteiger partial charge >= 0.3 is 0 Å². The van der Waals surface area contributed by atoms with Crippen LogP contribution in [0.25, 0.3) is 5.69 Å². The van der Waals surface area contributed by atoms with Crippen molar-refractivity contribution in [3.8, 4) is 5.69 Å². The predicted octanol–water partition coefficient (Wildman–Crippen LogP) is 3.54. The van der Waals surface area contributed by atoms with Crippen LogP contribution in [-0.4, -0.2) is 58.6 Å². The van der Waals surface area contributed by atoms with E-state index in [-0.39, 0.29) is 5.69 Å². The maximum atomic E-state index is 13.5. The Labute approximate surface area is 185 Å². The molecule has 2 aliphatic heterocycles. The Morgan fingerprint density at radius 3 is 2.59 bits per heavy atom. The standard InChI is InChI=1S/C23H25F2N5O2/c1-15-5-16(23(2)13-29(3-4-32-23)21-11-31-12-21)7-19(6-15)27-22-26-14-30(28-22)20-9-17(24)8-18(25)10-20/h5-10,14,21H,3-4,11-13H2,1-2H3,(H,27,28)/t23-/m1/s1. The molecule has 2 aromatic carbocycles. The monoisotopic (exact) mass is 441 g/mol. The Morgan fingerprint density at radius 1 is 1.09 bits per heavy atom. The lowest BCUT2D eigenvalue weighted by Gasteiger charge is -2.46. The van der Waals surface area contributed by atoms with E-state index in [1.165, 1.54) is 23.1 Å². The fourth-order valence-electron chi connectivity index (χ4n) is 4.23. The van der Waals surface area contributed by atoms with Gasteiger partial charge in [0.15, 0.2) is 0 Å². The molecule has 1 atom stereocenters. The van der Waals surface area contributed by atoms with E-state index in [1.54, 1.807) is 0 Å². The molecule has 0 saturated carbocycles. The average molecular weight is 441 g/mol. The number of benzene rings is 2. The lowest BCUT2D eigenvalue weighted by Crippen LogP contribution is -2.57. The molecule has 3 aromatic rings. The van der Waals surface area contributed by atoms with Crippen LogP contribution in [0.2, 0.25) is 0 Å². The van der Waals surface area contributed by atoms with E-state index >= 15 is 0 Å². The third-order valence-electron chi connectivity index (χ3n) is 5.99. The van der Waals surface area contributed by atoms with Crippen LogP contribution in [0.15, 0.2) is 42.7 Å². The highest BCUT2D eigenvalue weighted by molar-refractivity contribution is 5.57. The summed E-state index contributed by atoms with van der Waals surface area (Å²) in [5.74, 6) is -1.01. The minimum Gasteiger partial charge on any atom is -0.378 e. The van der Waals surface area contributed by atoms with Gasteiger partial charge < -0.3 is 14.8 Å². The van der Waals surface area contributed by atoms with Gasteiger partial charge in [0.25, 0.3) is 0 Å². The first-order valence-electron chi connectivity index (χ1n) is 10.6. The third kappa shape index (κ3) is 4.23. The first kappa shape index (κ1) is 21.0. The summed E-state index contributed by atoms with van der Waals surface area (Å²) in [6, 6.07) is 9.85. The lowest BCUT2D eigenvalue weighted by molar-refractivity contribution is -0.151. The Morgan fingerprint density at radius 2 is 1.88 bits per heavy atom. The summed E-state index contributed by atoms with van der Waals surface area (Å²) in [6.07, 6.45) is 1.41. The molecule has 32 heavy (non-hydrogen) atoms. The fraction of sp³-hybridized carbons (Fsp3) is 0.391. The Kier molecular flexibility index (Phi) is 5.40. The van der Waals surface area contributed by atoms with Crippen LogP contribution in [0.3, 0.4) is 0 Å². The topological polar surface area (TPSA) is 64.4 Å². The van der Waals surface area contributed by atoms with Crippen molar-refractivity contribution in [2.24, 2.45) is 0 Å². The van der Waals surface area contributed by atoms with Gasteiger partial charge in [0, 0.05) is 24.8 Å². The molecule has 0 unspecified atom stereocenters. The number of anilines is 2. The number of hydrogen-bond acceptors (Lipinski definition) is 6. The van der Waals surface area contributed by atoms with E-state index < -0.39 is 17.2 Å². The van der Waals surface area contributed by atoms with Gasteiger partial charge in [-0.05, 0) is 49.2 Å². The van der Waals surface area contributed by atoms with E-state index in [2.05, 4.69) is 33.3 Å². The van der Waals surface area contributed by atoms with Crippen LogP contribution in [0.4, 0.5) is 20.4 Å². The van der Waals surface area contributed by atoms with Crippen LogP contribution in [-0.2, 0) is 15.1 Å². The molecule has 2 aliphatic rings. The van der Waals surface area contributed by atoms with Gasteiger partial charge in [0.05, 0.1) is 31.5 Å². The number of aromatic nitrogens is 3. The summed E-state index contributed by atoms with van der Waals surface area (Å²) >= 11 is 0. The van der Waals surface area contributed by atoms with Gasteiger partial charge in [-0.25, -0.2) is 13.5 Å². The molecule has 5 rings (SSSR count). The molecular formula is C23H25F2N5O2. The first-order chi connectivity index (χ1) is 15.4. The molecule has 2 saturated heterocycles. The summed E-state index contributed by atoms with van der Waals surface area (Å²) < 4.78 is 40.0. The molecular weight excluding hydrogens is 416 g/mol. The molecule has 0 bridgehead atoms. The Hall–Kier alpha value is -2.88. The molecule has 1 N–H and O–H groups in total. The molecule has 0 aliphatic carbocycles. The van der Waals surface area contributed by atoms with Crippen molar-refractivity contribution in [2.75, 3.05) is 38.2 Å². The molecule has 0 radical (unpaired) electrons.